The molecule has 1 atom stereocenters. The third-order valence-corrected chi connectivity index (χ3v) is 8.19. The van der Waals surface area contributed by atoms with Gasteiger partial charge in [-0.2, -0.15) is 0 Å². The summed E-state index contributed by atoms with van der Waals surface area (Å²) in [6.45, 7) is 6.80. The molecular formula is C26H31NO4S. The maximum atomic E-state index is 13.5. The summed E-state index contributed by atoms with van der Waals surface area (Å²) in [6, 6.07) is 14.0. The van der Waals surface area contributed by atoms with E-state index in [0.29, 0.717) is 18.9 Å². The molecule has 1 aliphatic rings. The largest absolute Gasteiger partial charge is 0.464 e. The van der Waals surface area contributed by atoms with Crippen molar-refractivity contribution in [3.05, 3.63) is 71.0 Å². The summed E-state index contributed by atoms with van der Waals surface area (Å²) in [5.74, 6) is 0.547. The molecule has 32 heavy (non-hydrogen) atoms. The molecule has 1 fully saturated rings. The van der Waals surface area contributed by atoms with Gasteiger partial charge in [-0.05, 0) is 47.6 Å². The molecule has 0 saturated carbocycles. The number of carbonyl (C=O) groups is 1. The average molecular weight is 454 g/mol. The zero-order valence-electron chi connectivity index (χ0n) is 19.0. The normalized spacial score (nSPS) is 17.8. The van der Waals surface area contributed by atoms with Crippen LogP contribution in [-0.2, 0) is 34.0 Å². The van der Waals surface area contributed by atoms with E-state index in [-0.39, 0.29) is 29.9 Å². The molecule has 2 heterocycles. The first kappa shape index (κ1) is 22.6. The van der Waals surface area contributed by atoms with Gasteiger partial charge in [0.25, 0.3) is 0 Å². The first-order valence-electron chi connectivity index (χ1n) is 11.3. The Hall–Kier alpha value is -2.60. The standard InChI is InChI=1S/C26H31NO4S/c1-4-19-7-10-25-24(13-19)22(16-31-25)14-26(28)27(23-11-12-32(29,30)17-23)15-20-5-8-21(9-6-20)18(2)3/h5-10,13,16,18,23H,4,11-12,14-15,17H2,1-3H3/t23-/m1/s1. The van der Waals surface area contributed by atoms with E-state index in [9.17, 15) is 13.2 Å². The molecule has 0 radical (unpaired) electrons. The van der Waals surface area contributed by atoms with E-state index in [0.717, 1.165) is 28.5 Å². The van der Waals surface area contributed by atoms with Crippen LogP contribution in [0.2, 0.25) is 0 Å². The molecule has 0 N–H and O–H groups in total. The Morgan fingerprint density at radius 2 is 1.84 bits per heavy atom. The molecule has 1 aromatic heterocycles. The molecule has 1 amide bonds. The van der Waals surface area contributed by atoms with E-state index in [1.165, 1.54) is 11.1 Å². The van der Waals surface area contributed by atoms with E-state index in [2.05, 4.69) is 39.0 Å². The molecule has 0 spiro atoms. The van der Waals surface area contributed by atoms with Gasteiger partial charge in [-0.1, -0.05) is 51.1 Å². The van der Waals surface area contributed by atoms with Crippen LogP contribution in [0.15, 0.2) is 53.1 Å². The number of hydrogen-bond donors (Lipinski definition) is 0. The Bertz CT molecular complexity index is 1210. The molecule has 1 aliphatic heterocycles. The summed E-state index contributed by atoms with van der Waals surface area (Å²) in [4.78, 5) is 15.2. The lowest BCUT2D eigenvalue weighted by atomic mass is 10.0. The fourth-order valence-electron chi connectivity index (χ4n) is 4.40. The molecule has 5 nitrogen and oxygen atoms in total. The van der Waals surface area contributed by atoms with E-state index >= 15 is 0 Å². The van der Waals surface area contributed by atoms with Crippen molar-refractivity contribution in [2.45, 2.75) is 58.5 Å². The van der Waals surface area contributed by atoms with Crippen LogP contribution < -0.4 is 0 Å². The van der Waals surface area contributed by atoms with Crippen LogP contribution in [0.25, 0.3) is 11.0 Å². The number of fused-ring (bicyclic) bond motifs is 1. The molecule has 4 rings (SSSR count). The lowest BCUT2D eigenvalue weighted by Crippen LogP contribution is -2.41. The minimum atomic E-state index is -3.10. The monoisotopic (exact) mass is 453 g/mol. The minimum absolute atomic E-state index is 0.0366. The van der Waals surface area contributed by atoms with Gasteiger partial charge in [0.1, 0.15) is 5.58 Å². The predicted molar refractivity (Wildman–Crippen MR) is 127 cm³/mol. The first-order valence-corrected chi connectivity index (χ1v) is 13.2. The van der Waals surface area contributed by atoms with Gasteiger partial charge >= 0.3 is 0 Å². The second kappa shape index (κ2) is 9.10. The molecule has 1 saturated heterocycles. The summed E-state index contributed by atoms with van der Waals surface area (Å²) >= 11 is 0. The fraction of sp³-hybridized carbons (Fsp3) is 0.423. The highest BCUT2D eigenvalue weighted by Crippen LogP contribution is 2.26. The number of sulfone groups is 1. The van der Waals surface area contributed by atoms with E-state index < -0.39 is 9.84 Å². The Labute approximate surface area is 190 Å². The van der Waals surface area contributed by atoms with Gasteiger partial charge in [0.05, 0.1) is 24.2 Å². The summed E-state index contributed by atoms with van der Waals surface area (Å²) in [6.07, 6.45) is 3.25. The van der Waals surface area contributed by atoms with Gasteiger partial charge in [0.2, 0.25) is 5.91 Å². The highest BCUT2D eigenvalue weighted by molar-refractivity contribution is 7.91. The summed E-state index contributed by atoms with van der Waals surface area (Å²) in [7, 11) is -3.10. The van der Waals surface area contributed by atoms with Crippen LogP contribution in [0, 0.1) is 0 Å². The Kier molecular flexibility index (Phi) is 6.42. The third-order valence-electron chi connectivity index (χ3n) is 6.44. The number of benzene rings is 2. The van der Waals surface area contributed by atoms with Crippen molar-refractivity contribution in [2.75, 3.05) is 11.5 Å². The number of furan rings is 1. The van der Waals surface area contributed by atoms with Crippen molar-refractivity contribution in [2.24, 2.45) is 0 Å². The zero-order valence-corrected chi connectivity index (χ0v) is 19.8. The quantitative estimate of drug-likeness (QED) is 0.511. The molecule has 6 heteroatoms. The average Bonchev–Trinajstić information content (AvgIpc) is 3.34. The maximum absolute atomic E-state index is 13.5. The third kappa shape index (κ3) is 4.90. The summed E-state index contributed by atoms with van der Waals surface area (Å²) in [5, 5.41) is 0.956. The summed E-state index contributed by atoms with van der Waals surface area (Å²) in [5.41, 5.74) is 5.06. The van der Waals surface area contributed by atoms with Crippen molar-refractivity contribution in [1.29, 1.82) is 0 Å². The lowest BCUT2D eigenvalue weighted by Gasteiger charge is -2.28. The van der Waals surface area contributed by atoms with E-state index in [1.54, 1.807) is 11.2 Å². The van der Waals surface area contributed by atoms with Crippen LogP contribution in [0.3, 0.4) is 0 Å². The van der Waals surface area contributed by atoms with Crippen molar-refractivity contribution in [1.82, 2.24) is 4.90 Å². The first-order chi connectivity index (χ1) is 15.3. The van der Waals surface area contributed by atoms with Gasteiger partial charge in [-0.3, -0.25) is 4.79 Å². The van der Waals surface area contributed by atoms with Crippen LogP contribution in [0.1, 0.15) is 55.4 Å². The van der Waals surface area contributed by atoms with E-state index in [4.69, 9.17) is 4.42 Å². The van der Waals surface area contributed by atoms with Crippen molar-refractivity contribution in [3.8, 4) is 0 Å². The Morgan fingerprint density at radius 1 is 1.12 bits per heavy atom. The van der Waals surface area contributed by atoms with Crippen molar-refractivity contribution in [3.63, 3.8) is 0 Å². The molecule has 0 unspecified atom stereocenters. The van der Waals surface area contributed by atoms with Gasteiger partial charge in [-0.25, -0.2) is 8.42 Å². The number of hydrogen-bond acceptors (Lipinski definition) is 4. The van der Waals surface area contributed by atoms with Gasteiger partial charge in [0.15, 0.2) is 9.84 Å². The molecule has 3 aromatic rings. The SMILES string of the molecule is CCc1ccc2occ(CC(=O)N(Cc3ccc(C(C)C)cc3)[C@@H]3CCS(=O)(=O)C3)c2c1. The van der Waals surface area contributed by atoms with Gasteiger partial charge in [-0.15, -0.1) is 0 Å². The number of nitrogens with zero attached hydrogens (tertiary/aromatic N) is 1. The van der Waals surface area contributed by atoms with E-state index in [1.807, 2.05) is 24.3 Å². The minimum Gasteiger partial charge on any atom is -0.464 e. The van der Waals surface area contributed by atoms with Crippen LogP contribution in [0.4, 0.5) is 0 Å². The number of aryl methyl sites for hydroxylation is 1. The second-order valence-electron chi connectivity index (χ2n) is 9.10. The number of carbonyl (C=O) groups excluding carboxylic acids is 1. The molecular weight excluding hydrogens is 422 g/mol. The van der Waals surface area contributed by atoms with Gasteiger partial charge in [0, 0.05) is 23.5 Å². The molecule has 2 aromatic carbocycles. The zero-order chi connectivity index (χ0) is 22.9. The van der Waals surface area contributed by atoms with Crippen LogP contribution in [0.5, 0.6) is 0 Å². The summed E-state index contributed by atoms with van der Waals surface area (Å²) < 4.78 is 30.0. The number of amides is 1. The number of rotatable bonds is 7. The van der Waals surface area contributed by atoms with Crippen molar-refractivity contribution < 1.29 is 17.6 Å². The smallest absolute Gasteiger partial charge is 0.227 e. The molecule has 0 aliphatic carbocycles. The maximum Gasteiger partial charge on any atom is 0.227 e. The molecule has 170 valence electrons. The Morgan fingerprint density at radius 3 is 2.47 bits per heavy atom. The van der Waals surface area contributed by atoms with Gasteiger partial charge < -0.3 is 9.32 Å². The topological polar surface area (TPSA) is 67.6 Å². The molecule has 0 bridgehead atoms. The second-order valence-corrected chi connectivity index (χ2v) is 11.3. The van der Waals surface area contributed by atoms with Crippen molar-refractivity contribution >= 4 is 26.7 Å². The predicted octanol–water partition coefficient (Wildman–Crippen LogP) is 4.88. The van der Waals surface area contributed by atoms with Crippen LogP contribution in [-0.4, -0.2) is 36.8 Å². The highest BCUT2D eigenvalue weighted by atomic mass is 32.2. The Balaban J connectivity index is 1.60. The highest BCUT2D eigenvalue weighted by Gasteiger charge is 2.35. The van der Waals surface area contributed by atoms with Crippen LogP contribution >= 0.6 is 0 Å². The fourth-order valence-corrected chi connectivity index (χ4v) is 6.13. The lowest BCUT2D eigenvalue weighted by molar-refractivity contribution is -0.133.